The monoisotopic (exact) mass is 507 g/mol. The molecule has 0 heterocycles. The first-order valence-corrected chi connectivity index (χ1v) is 11.7. The fraction of sp³-hybridized carbons (Fsp3) is 0.308. The van der Waals surface area contributed by atoms with Crippen LogP contribution < -0.4 is 0 Å². The molecule has 4 nitrogen and oxygen atoms in total. The highest BCUT2D eigenvalue weighted by Gasteiger charge is 2.29. The molecule has 0 radical (unpaired) electrons. The summed E-state index contributed by atoms with van der Waals surface area (Å²) in [5, 5.41) is 1.71. The number of benzene rings is 2. The first-order valence-electron chi connectivity index (χ1n) is 10.6. The number of imide groups is 1. The number of halogens is 3. The molecule has 0 fully saturated rings. The molecule has 0 aliphatic carbocycles. The molecule has 2 amide bonds. The standard InChI is InChI=1S/C26H28Cl3NO3/c1-18(9-10-19-11-14-21(27)15-12-19)30(25(32)33-26(2,3)4)24(31)8-6-5-7-20-13-16-22(28)17-23(20)29/h5-8,11-18H,9-10H2,1-4H3/b7-5+,8-6+. The van der Waals surface area contributed by atoms with Gasteiger partial charge in [0.1, 0.15) is 5.60 Å². The van der Waals surface area contributed by atoms with E-state index in [1.165, 1.54) is 6.08 Å². The lowest BCUT2D eigenvalue weighted by Gasteiger charge is -2.29. The normalized spacial score (nSPS) is 12.8. The molecule has 1 unspecified atom stereocenters. The Bertz CT molecular complexity index is 1020. The van der Waals surface area contributed by atoms with Crippen molar-refractivity contribution in [2.45, 2.75) is 52.2 Å². The third-order valence-corrected chi connectivity index (χ3v) is 5.44. The van der Waals surface area contributed by atoms with Crippen LogP contribution in [0.1, 0.15) is 45.2 Å². The molecule has 0 saturated heterocycles. The summed E-state index contributed by atoms with van der Waals surface area (Å²) in [7, 11) is 0. The fourth-order valence-electron chi connectivity index (χ4n) is 2.97. The van der Waals surface area contributed by atoms with Crippen LogP contribution in [0.2, 0.25) is 15.1 Å². The van der Waals surface area contributed by atoms with Gasteiger partial charge in [-0.3, -0.25) is 4.79 Å². The van der Waals surface area contributed by atoms with E-state index in [1.807, 2.05) is 31.2 Å². The maximum Gasteiger partial charge on any atom is 0.417 e. The summed E-state index contributed by atoms with van der Waals surface area (Å²) < 4.78 is 5.48. The summed E-state index contributed by atoms with van der Waals surface area (Å²) >= 11 is 18.0. The van der Waals surface area contributed by atoms with Crippen molar-refractivity contribution in [3.05, 3.63) is 86.9 Å². The summed E-state index contributed by atoms with van der Waals surface area (Å²) in [6.45, 7) is 7.12. The molecule has 7 heteroatoms. The molecule has 0 aliphatic rings. The van der Waals surface area contributed by atoms with E-state index in [4.69, 9.17) is 39.5 Å². The van der Waals surface area contributed by atoms with Gasteiger partial charge >= 0.3 is 6.09 Å². The Morgan fingerprint density at radius 2 is 1.64 bits per heavy atom. The number of hydrogen-bond acceptors (Lipinski definition) is 3. The minimum absolute atomic E-state index is 0.373. The van der Waals surface area contributed by atoms with Crippen LogP contribution in [-0.2, 0) is 16.0 Å². The average Bonchev–Trinajstić information content (AvgIpc) is 2.71. The molecule has 0 bridgehead atoms. The van der Waals surface area contributed by atoms with E-state index in [0.717, 1.165) is 16.0 Å². The Balaban J connectivity index is 2.12. The van der Waals surface area contributed by atoms with Crippen molar-refractivity contribution >= 4 is 52.9 Å². The van der Waals surface area contributed by atoms with E-state index in [1.54, 1.807) is 57.2 Å². The summed E-state index contributed by atoms with van der Waals surface area (Å²) in [4.78, 5) is 26.9. The van der Waals surface area contributed by atoms with Gasteiger partial charge in [-0.25, -0.2) is 9.69 Å². The average molecular weight is 509 g/mol. The Hall–Kier alpha value is -2.27. The second-order valence-electron chi connectivity index (χ2n) is 8.59. The zero-order valence-corrected chi connectivity index (χ0v) is 21.4. The van der Waals surface area contributed by atoms with Crippen molar-refractivity contribution < 1.29 is 14.3 Å². The number of hydrogen-bond donors (Lipinski definition) is 0. The summed E-state index contributed by atoms with van der Waals surface area (Å²) in [6.07, 6.45) is 6.92. The number of amides is 2. The minimum Gasteiger partial charge on any atom is -0.443 e. The van der Waals surface area contributed by atoms with Gasteiger partial charge in [-0.05, 0) is 75.9 Å². The lowest BCUT2D eigenvalue weighted by atomic mass is 10.1. The predicted molar refractivity (Wildman–Crippen MR) is 137 cm³/mol. The predicted octanol–water partition coefficient (Wildman–Crippen LogP) is 8.00. The van der Waals surface area contributed by atoms with Crippen molar-refractivity contribution in [2.24, 2.45) is 0 Å². The lowest BCUT2D eigenvalue weighted by molar-refractivity contribution is -0.127. The molecule has 0 saturated carbocycles. The fourth-order valence-corrected chi connectivity index (χ4v) is 3.57. The smallest absolute Gasteiger partial charge is 0.417 e. The molecular weight excluding hydrogens is 481 g/mol. The van der Waals surface area contributed by atoms with E-state index in [-0.39, 0.29) is 6.04 Å². The molecule has 176 valence electrons. The van der Waals surface area contributed by atoms with E-state index < -0.39 is 17.6 Å². The summed E-state index contributed by atoms with van der Waals surface area (Å²) in [5.41, 5.74) is 1.11. The quantitative estimate of drug-likeness (QED) is 0.281. The number of carbonyl (C=O) groups is 2. The highest BCUT2D eigenvalue weighted by atomic mass is 35.5. The second kappa shape index (κ2) is 12.3. The summed E-state index contributed by atoms with van der Waals surface area (Å²) in [5.74, 6) is -0.459. The van der Waals surface area contributed by atoms with Crippen molar-refractivity contribution in [1.29, 1.82) is 0 Å². The van der Waals surface area contributed by atoms with Gasteiger partial charge in [-0.15, -0.1) is 0 Å². The second-order valence-corrected chi connectivity index (χ2v) is 9.87. The SMILES string of the molecule is CC(CCc1ccc(Cl)cc1)N(C(=O)/C=C/C=C/c1ccc(Cl)cc1Cl)C(=O)OC(C)(C)C. The Labute approximate surface area is 210 Å². The van der Waals surface area contributed by atoms with Crippen LogP contribution >= 0.6 is 34.8 Å². The maximum absolute atomic E-state index is 12.9. The highest BCUT2D eigenvalue weighted by molar-refractivity contribution is 6.35. The number of nitrogens with zero attached hydrogens (tertiary/aromatic N) is 1. The van der Waals surface area contributed by atoms with Crippen molar-refractivity contribution in [2.75, 3.05) is 0 Å². The van der Waals surface area contributed by atoms with E-state index in [0.29, 0.717) is 27.9 Å². The Morgan fingerprint density at radius 3 is 2.24 bits per heavy atom. The largest absolute Gasteiger partial charge is 0.443 e. The number of rotatable bonds is 7. The number of allylic oxidation sites excluding steroid dienone is 2. The van der Waals surface area contributed by atoms with Crippen molar-refractivity contribution in [3.63, 3.8) is 0 Å². The zero-order valence-electron chi connectivity index (χ0n) is 19.1. The van der Waals surface area contributed by atoms with Crippen LogP contribution in [0, 0.1) is 0 Å². The molecule has 0 spiro atoms. The van der Waals surface area contributed by atoms with Crippen LogP contribution in [0.3, 0.4) is 0 Å². The molecule has 0 aromatic heterocycles. The van der Waals surface area contributed by atoms with Gasteiger partial charge in [0.05, 0.1) is 0 Å². The first-order chi connectivity index (χ1) is 15.5. The Morgan fingerprint density at radius 1 is 1.00 bits per heavy atom. The maximum atomic E-state index is 12.9. The minimum atomic E-state index is -0.722. The first kappa shape index (κ1) is 27.0. The van der Waals surface area contributed by atoms with Gasteiger partial charge < -0.3 is 4.74 Å². The number of carbonyl (C=O) groups excluding carboxylic acids is 2. The van der Waals surface area contributed by atoms with E-state index in [2.05, 4.69) is 0 Å². The van der Waals surface area contributed by atoms with Gasteiger partial charge in [0.2, 0.25) is 0 Å². The van der Waals surface area contributed by atoms with Crippen molar-refractivity contribution in [1.82, 2.24) is 4.90 Å². The van der Waals surface area contributed by atoms with Gasteiger partial charge in [0.25, 0.3) is 5.91 Å². The van der Waals surface area contributed by atoms with Crippen molar-refractivity contribution in [3.8, 4) is 0 Å². The third-order valence-electron chi connectivity index (χ3n) is 4.62. The highest BCUT2D eigenvalue weighted by Crippen LogP contribution is 2.22. The van der Waals surface area contributed by atoms with Crippen LogP contribution in [-0.4, -0.2) is 28.5 Å². The van der Waals surface area contributed by atoms with Crippen LogP contribution in [0.25, 0.3) is 6.08 Å². The summed E-state index contributed by atoms with van der Waals surface area (Å²) in [6, 6.07) is 12.3. The number of aryl methyl sites for hydroxylation is 1. The number of ether oxygens (including phenoxy) is 1. The van der Waals surface area contributed by atoms with Gasteiger partial charge in [-0.1, -0.05) is 71.2 Å². The van der Waals surface area contributed by atoms with Crippen LogP contribution in [0.15, 0.2) is 60.7 Å². The molecular formula is C26H28Cl3NO3. The molecule has 33 heavy (non-hydrogen) atoms. The topological polar surface area (TPSA) is 46.6 Å². The van der Waals surface area contributed by atoms with E-state index in [9.17, 15) is 9.59 Å². The van der Waals surface area contributed by atoms with Crippen LogP contribution in [0.4, 0.5) is 4.79 Å². The zero-order chi connectivity index (χ0) is 24.6. The molecule has 0 aliphatic heterocycles. The molecule has 2 rings (SSSR count). The molecule has 2 aromatic rings. The molecule has 1 atom stereocenters. The lowest BCUT2D eigenvalue weighted by Crippen LogP contribution is -2.45. The van der Waals surface area contributed by atoms with Crippen LogP contribution in [0.5, 0.6) is 0 Å². The van der Waals surface area contributed by atoms with Gasteiger partial charge in [-0.2, -0.15) is 0 Å². The van der Waals surface area contributed by atoms with Gasteiger partial charge in [0, 0.05) is 27.2 Å². The third kappa shape index (κ3) is 9.24. The van der Waals surface area contributed by atoms with Gasteiger partial charge in [0.15, 0.2) is 0 Å². The Kier molecular flexibility index (Phi) is 10.0. The molecule has 2 aromatic carbocycles. The molecule has 0 N–H and O–H groups in total. The van der Waals surface area contributed by atoms with E-state index >= 15 is 0 Å².